The molecule has 0 heterocycles. The molecule has 1 N–H and O–H groups in total. The Bertz CT molecular complexity index is 192. The van der Waals surface area contributed by atoms with Crippen LogP contribution in [0.5, 0.6) is 0 Å². The van der Waals surface area contributed by atoms with Crippen LogP contribution >= 0.6 is 0 Å². The van der Waals surface area contributed by atoms with Crippen molar-refractivity contribution < 1.29 is 0 Å². The Labute approximate surface area is 102 Å². The molecule has 0 radical (unpaired) electrons. The molecular formula is C15H31N. The van der Waals surface area contributed by atoms with Gasteiger partial charge in [-0.3, -0.25) is 0 Å². The molecule has 0 saturated heterocycles. The van der Waals surface area contributed by atoms with Crippen LogP contribution in [0.4, 0.5) is 0 Å². The molecule has 0 spiro atoms. The summed E-state index contributed by atoms with van der Waals surface area (Å²) >= 11 is 0. The lowest BCUT2D eigenvalue weighted by atomic mass is 9.81. The van der Waals surface area contributed by atoms with Crippen LogP contribution in [-0.2, 0) is 0 Å². The molecule has 96 valence electrons. The minimum atomic E-state index is 0.437. The molecule has 0 amide bonds. The third-order valence-corrected chi connectivity index (χ3v) is 4.41. The van der Waals surface area contributed by atoms with Gasteiger partial charge in [-0.2, -0.15) is 0 Å². The molecule has 1 fully saturated rings. The Balaban J connectivity index is 2.15. The van der Waals surface area contributed by atoms with Gasteiger partial charge in [0.15, 0.2) is 0 Å². The maximum atomic E-state index is 3.68. The zero-order chi connectivity index (χ0) is 12.2. The van der Waals surface area contributed by atoms with Crippen molar-refractivity contribution in [2.45, 2.75) is 60.3 Å². The smallest absolute Gasteiger partial charge is 0.00180 e. The molecule has 3 unspecified atom stereocenters. The van der Waals surface area contributed by atoms with Crippen molar-refractivity contribution in [3.05, 3.63) is 0 Å². The SMILES string of the molecule is CC1CCCC(CNCC(C)C(C)(C)C)C1. The average Bonchev–Trinajstić information content (AvgIpc) is 2.16. The summed E-state index contributed by atoms with van der Waals surface area (Å²) in [5, 5.41) is 3.68. The molecular weight excluding hydrogens is 194 g/mol. The first-order chi connectivity index (χ1) is 7.39. The van der Waals surface area contributed by atoms with Gasteiger partial charge < -0.3 is 5.32 Å². The van der Waals surface area contributed by atoms with Crippen molar-refractivity contribution in [2.75, 3.05) is 13.1 Å². The lowest BCUT2D eigenvalue weighted by Gasteiger charge is -2.30. The topological polar surface area (TPSA) is 12.0 Å². The summed E-state index contributed by atoms with van der Waals surface area (Å²) in [7, 11) is 0. The van der Waals surface area contributed by atoms with Crippen LogP contribution in [0.2, 0.25) is 0 Å². The van der Waals surface area contributed by atoms with Gasteiger partial charge in [0.05, 0.1) is 0 Å². The first-order valence-electron chi connectivity index (χ1n) is 7.10. The van der Waals surface area contributed by atoms with Crippen LogP contribution in [0.25, 0.3) is 0 Å². The summed E-state index contributed by atoms with van der Waals surface area (Å²) in [6, 6.07) is 0. The number of hydrogen-bond acceptors (Lipinski definition) is 1. The Morgan fingerprint density at radius 2 is 1.94 bits per heavy atom. The molecule has 0 aliphatic heterocycles. The minimum Gasteiger partial charge on any atom is -0.316 e. The van der Waals surface area contributed by atoms with E-state index in [1.54, 1.807) is 0 Å². The van der Waals surface area contributed by atoms with Crippen LogP contribution in [0, 0.1) is 23.2 Å². The normalized spacial score (nSPS) is 29.1. The van der Waals surface area contributed by atoms with Crippen LogP contribution < -0.4 is 5.32 Å². The van der Waals surface area contributed by atoms with Crippen molar-refractivity contribution >= 4 is 0 Å². The zero-order valence-electron chi connectivity index (χ0n) is 12.0. The third kappa shape index (κ3) is 4.86. The van der Waals surface area contributed by atoms with E-state index in [1.807, 2.05) is 0 Å². The molecule has 1 nitrogen and oxygen atoms in total. The lowest BCUT2D eigenvalue weighted by molar-refractivity contribution is 0.232. The summed E-state index contributed by atoms with van der Waals surface area (Å²) in [5.74, 6) is 2.66. The van der Waals surface area contributed by atoms with Gasteiger partial charge in [0, 0.05) is 0 Å². The summed E-state index contributed by atoms with van der Waals surface area (Å²) in [6.07, 6.45) is 5.79. The maximum Gasteiger partial charge on any atom is -0.00180 e. The Kier molecular flexibility index (Phi) is 5.30. The maximum absolute atomic E-state index is 3.68. The van der Waals surface area contributed by atoms with Crippen molar-refractivity contribution in [2.24, 2.45) is 23.2 Å². The van der Waals surface area contributed by atoms with E-state index in [0.717, 1.165) is 17.8 Å². The highest BCUT2D eigenvalue weighted by atomic mass is 14.9. The first-order valence-corrected chi connectivity index (χ1v) is 7.10. The Hall–Kier alpha value is -0.0400. The Morgan fingerprint density at radius 1 is 1.25 bits per heavy atom. The second-order valence-electron chi connectivity index (χ2n) is 7.06. The number of nitrogens with one attached hydrogen (secondary N) is 1. The molecule has 1 rings (SSSR count). The molecule has 0 aromatic heterocycles. The second kappa shape index (κ2) is 6.05. The fourth-order valence-electron chi connectivity index (χ4n) is 2.56. The monoisotopic (exact) mass is 225 g/mol. The van der Waals surface area contributed by atoms with E-state index in [0.29, 0.717) is 5.41 Å². The molecule has 1 aliphatic carbocycles. The van der Waals surface area contributed by atoms with Gasteiger partial charge in [-0.25, -0.2) is 0 Å². The summed E-state index contributed by atoms with van der Waals surface area (Å²) < 4.78 is 0. The van der Waals surface area contributed by atoms with Crippen LogP contribution in [0.3, 0.4) is 0 Å². The average molecular weight is 225 g/mol. The summed E-state index contributed by atoms with van der Waals surface area (Å²) in [4.78, 5) is 0. The van der Waals surface area contributed by atoms with E-state index >= 15 is 0 Å². The molecule has 16 heavy (non-hydrogen) atoms. The molecule has 1 aliphatic rings. The highest BCUT2D eigenvalue weighted by molar-refractivity contribution is 4.75. The summed E-state index contributed by atoms with van der Waals surface area (Å²) in [5.41, 5.74) is 0.437. The molecule has 3 atom stereocenters. The largest absolute Gasteiger partial charge is 0.316 e. The molecule has 0 aromatic carbocycles. The minimum absolute atomic E-state index is 0.437. The van der Waals surface area contributed by atoms with Crippen molar-refractivity contribution in [1.82, 2.24) is 5.32 Å². The number of rotatable bonds is 4. The van der Waals surface area contributed by atoms with E-state index in [1.165, 1.54) is 38.8 Å². The van der Waals surface area contributed by atoms with Crippen molar-refractivity contribution in [3.8, 4) is 0 Å². The highest BCUT2D eigenvalue weighted by Crippen LogP contribution is 2.28. The molecule has 0 bridgehead atoms. The predicted octanol–water partition coefficient (Wildman–Crippen LogP) is 4.08. The standard InChI is InChI=1S/C15H31N/c1-12-7-6-8-14(9-12)11-16-10-13(2)15(3,4)5/h12-14,16H,6-11H2,1-5H3. The van der Waals surface area contributed by atoms with Gasteiger partial charge in [0.2, 0.25) is 0 Å². The van der Waals surface area contributed by atoms with Crippen LogP contribution in [-0.4, -0.2) is 13.1 Å². The molecule has 1 heteroatoms. The van der Waals surface area contributed by atoms with E-state index in [9.17, 15) is 0 Å². The second-order valence-corrected chi connectivity index (χ2v) is 7.06. The van der Waals surface area contributed by atoms with Gasteiger partial charge in [0.25, 0.3) is 0 Å². The summed E-state index contributed by atoms with van der Waals surface area (Å²) in [6.45, 7) is 14.2. The third-order valence-electron chi connectivity index (χ3n) is 4.41. The van der Waals surface area contributed by atoms with Gasteiger partial charge in [0.1, 0.15) is 0 Å². The van der Waals surface area contributed by atoms with E-state index < -0.39 is 0 Å². The van der Waals surface area contributed by atoms with Crippen molar-refractivity contribution in [3.63, 3.8) is 0 Å². The van der Waals surface area contributed by atoms with Gasteiger partial charge in [-0.05, 0) is 49.1 Å². The van der Waals surface area contributed by atoms with Gasteiger partial charge in [-0.1, -0.05) is 47.5 Å². The van der Waals surface area contributed by atoms with Crippen molar-refractivity contribution in [1.29, 1.82) is 0 Å². The molecule has 1 saturated carbocycles. The van der Waals surface area contributed by atoms with E-state index in [4.69, 9.17) is 0 Å². The quantitative estimate of drug-likeness (QED) is 0.760. The van der Waals surface area contributed by atoms with Gasteiger partial charge in [-0.15, -0.1) is 0 Å². The lowest BCUT2D eigenvalue weighted by Crippen LogP contribution is -2.33. The Morgan fingerprint density at radius 3 is 2.50 bits per heavy atom. The zero-order valence-corrected chi connectivity index (χ0v) is 12.0. The van der Waals surface area contributed by atoms with E-state index in [-0.39, 0.29) is 0 Å². The molecule has 0 aromatic rings. The van der Waals surface area contributed by atoms with Crippen LogP contribution in [0.15, 0.2) is 0 Å². The fraction of sp³-hybridized carbons (Fsp3) is 1.00. The first kappa shape index (κ1) is 14.0. The predicted molar refractivity (Wildman–Crippen MR) is 72.6 cm³/mol. The van der Waals surface area contributed by atoms with Gasteiger partial charge >= 0.3 is 0 Å². The number of hydrogen-bond donors (Lipinski definition) is 1. The van der Waals surface area contributed by atoms with Crippen LogP contribution in [0.1, 0.15) is 60.3 Å². The van der Waals surface area contributed by atoms with E-state index in [2.05, 4.69) is 39.9 Å². The highest BCUT2D eigenvalue weighted by Gasteiger charge is 2.21. The fourth-order valence-corrected chi connectivity index (χ4v) is 2.56.